The van der Waals surface area contributed by atoms with Crippen LogP contribution in [0.5, 0.6) is 11.5 Å². The first-order valence-electron chi connectivity index (χ1n) is 5.96. The largest absolute Gasteiger partial charge is 0.523 e. The SMILES string of the molecule is COc1cc2c(cc1COS(=O)(=O)C(F)(F)F)OC(C)C2. The average molecular weight is 326 g/mol. The van der Waals surface area contributed by atoms with Crippen LogP contribution in [0.15, 0.2) is 12.1 Å². The van der Waals surface area contributed by atoms with Crippen LogP contribution in [0.2, 0.25) is 0 Å². The molecule has 21 heavy (non-hydrogen) atoms. The summed E-state index contributed by atoms with van der Waals surface area (Å²) in [7, 11) is -4.31. The van der Waals surface area contributed by atoms with Gasteiger partial charge < -0.3 is 9.47 Å². The molecule has 0 saturated carbocycles. The highest BCUT2D eigenvalue weighted by atomic mass is 32.2. The van der Waals surface area contributed by atoms with Gasteiger partial charge in [0.1, 0.15) is 17.6 Å². The summed E-state index contributed by atoms with van der Waals surface area (Å²) in [5.74, 6) is 0.745. The third-order valence-electron chi connectivity index (χ3n) is 2.95. The summed E-state index contributed by atoms with van der Waals surface area (Å²) in [4.78, 5) is 0. The van der Waals surface area contributed by atoms with Crippen molar-refractivity contribution in [2.45, 2.75) is 31.6 Å². The van der Waals surface area contributed by atoms with Crippen LogP contribution < -0.4 is 9.47 Å². The van der Waals surface area contributed by atoms with E-state index >= 15 is 0 Å². The van der Waals surface area contributed by atoms with E-state index in [0.29, 0.717) is 12.2 Å². The second-order valence-corrected chi connectivity index (χ2v) is 6.17. The van der Waals surface area contributed by atoms with Crippen LogP contribution in [0.4, 0.5) is 13.2 Å². The van der Waals surface area contributed by atoms with Crippen LogP contribution in [0.1, 0.15) is 18.1 Å². The van der Waals surface area contributed by atoms with E-state index in [0.717, 1.165) is 5.56 Å². The molecule has 1 atom stereocenters. The van der Waals surface area contributed by atoms with Gasteiger partial charge >= 0.3 is 15.6 Å². The third kappa shape index (κ3) is 3.24. The second-order valence-electron chi connectivity index (χ2n) is 4.57. The zero-order valence-corrected chi connectivity index (χ0v) is 12.0. The number of ether oxygens (including phenoxy) is 2. The molecule has 0 bridgehead atoms. The Morgan fingerprint density at radius 2 is 2.05 bits per heavy atom. The van der Waals surface area contributed by atoms with Crippen LogP contribution in [0.25, 0.3) is 0 Å². The number of rotatable bonds is 4. The summed E-state index contributed by atoms with van der Waals surface area (Å²) in [5, 5.41) is 0. The zero-order valence-electron chi connectivity index (χ0n) is 11.2. The van der Waals surface area contributed by atoms with Gasteiger partial charge in [-0.15, -0.1) is 0 Å². The van der Waals surface area contributed by atoms with E-state index in [1.807, 2.05) is 6.92 Å². The maximum atomic E-state index is 12.2. The fraction of sp³-hybridized carbons (Fsp3) is 0.500. The molecule has 0 aromatic heterocycles. The summed E-state index contributed by atoms with van der Waals surface area (Å²) >= 11 is 0. The topological polar surface area (TPSA) is 61.8 Å². The van der Waals surface area contributed by atoms with E-state index in [9.17, 15) is 21.6 Å². The van der Waals surface area contributed by atoms with Crippen molar-refractivity contribution < 1.29 is 35.2 Å². The maximum Gasteiger partial charge on any atom is 0.523 e. The van der Waals surface area contributed by atoms with E-state index in [1.165, 1.54) is 13.2 Å². The highest BCUT2D eigenvalue weighted by Gasteiger charge is 2.47. The maximum absolute atomic E-state index is 12.2. The number of methoxy groups -OCH3 is 1. The van der Waals surface area contributed by atoms with E-state index in [1.54, 1.807) is 6.07 Å². The van der Waals surface area contributed by atoms with Gasteiger partial charge in [0.05, 0.1) is 13.7 Å². The van der Waals surface area contributed by atoms with Gasteiger partial charge in [0.15, 0.2) is 0 Å². The van der Waals surface area contributed by atoms with Gasteiger partial charge in [-0.1, -0.05) is 0 Å². The lowest BCUT2D eigenvalue weighted by atomic mass is 10.1. The van der Waals surface area contributed by atoms with Crippen LogP contribution in [-0.2, 0) is 27.3 Å². The highest BCUT2D eigenvalue weighted by Crippen LogP contribution is 2.36. The van der Waals surface area contributed by atoms with Crippen molar-refractivity contribution in [1.82, 2.24) is 0 Å². The number of benzene rings is 1. The zero-order chi connectivity index (χ0) is 15.8. The molecular formula is C12H13F3O5S. The molecular weight excluding hydrogens is 313 g/mol. The molecule has 1 aromatic rings. The van der Waals surface area contributed by atoms with E-state index in [4.69, 9.17) is 9.47 Å². The normalized spacial score (nSPS) is 18.2. The summed E-state index contributed by atoms with van der Waals surface area (Å²) in [6.45, 7) is 1.06. The fourth-order valence-corrected chi connectivity index (χ4v) is 2.41. The molecule has 0 amide bonds. The number of fused-ring (bicyclic) bond motifs is 1. The van der Waals surface area contributed by atoms with Crippen LogP contribution in [0.3, 0.4) is 0 Å². The molecule has 0 aliphatic carbocycles. The van der Waals surface area contributed by atoms with Crippen LogP contribution in [0, 0.1) is 0 Å². The summed E-state index contributed by atoms with van der Waals surface area (Å²) in [5.41, 5.74) is -4.44. The van der Waals surface area contributed by atoms with Crippen molar-refractivity contribution in [2.24, 2.45) is 0 Å². The minimum Gasteiger partial charge on any atom is -0.496 e. The molecule has 0 fully saturated rings. The number of hydrogen-bond acceptors (Lipinski definition) is 5. The molecule has 1 unspecified atom stereocenters. The van der Waals surface area contributed by atoms with Gasteiger partial charge in [-0.25, -0.2) is 0 Å². The lowest BCUT2D eigenvalue weighted by Gasteiger charge is -2.12. The van der Waals surface area contributed by atoms with Gasteiger partial charge in [0.25, 0.3) is 0 Å². The number of halogens is 3. The first kappa shape index (κ1) is 15.9. The Kier molecular flexibility index (Phi) is 4.07. The van der Waals surface area contributed by atoms with Crippen molar-refractivity contribution in [3.63, 3.8) is 0 Å². The molecule has 9 heteroatoms. The van der Waals surface area contributed by atoms with Gasteiger partial charge in [0.2, 0.25) is 0 Å². The number of hydrogen-bond donors (Lipinski definition) is 0. The Morgan fingerprint density at radius 1 is 1.38 bits per heavy atom. The predicted octanol–water partition coefficient (Wildman–Crippen LogP) is 2.38. The molecule has 1 aliphatic heterocycles. The van der Waals surface area contributed by atoms with Crippen molar-refractivity contribution >= 4 is 10.1 Å². The van der Waals surface area contributed by atoms with Gasteiger partial charge in [0, 0.05) is 17.5 Å². The van der Waals surface area contributed by atoms with Crippen molar-refractivity contribution in [1.29, 1.82) is 0 Å². The fourth-order valence-electron chi connectivity index (χ4n) is 1.99. The molecule has 0 spiro atoms. The predicted molar refractivity (Wildman–Crippen MR) is 66.6 cm³/mol. The van der Waals surface area contributed by atoms with Gasteiger partial charge in [-0.05, 0) is 19.1 Å². The average Bonchev–Trinajstić information content (AvgIpc) is 2.72. The summed E-state index contributed by atoms with van der Waals surface area (Å²) < 4.78 is 73.0. The van der Waals surface area contributed by atoms with E-state index in [-0.39, 0.29) is 17.4 Å². The van der Waals surface area contributed by atoms with Crippen LogP contribution in [-0.4, -0.2) is 27.1 Å². The highest BCUT2D eigenvalue weighted by molar-refractivity contribution is 7.87. The molecule has 1 heterocycles. The van der Waals surface area contributed by atoms with Gasteiger partial charge in [-0.2, -0.15) is 21.6 Å². The van der Waals surface area contributed by atoms with E-state index in [2.05, 4.69) is 4.18 Å². The van der Waals surface area contributed by atoms with Gasteiger partial charge in [-0.3, -0.25) is 4.18 Å². The molecule has 2 rings (SSSR count). The molecule has 1 aromatic carbocycles. The number of alkyl halides is 3. The van der Waals surface area contributed by atoms with Crippen molar-refractivity contribution in [2.75, 3.05) is 7.11 Å². The molecule has 118 valence electrons. The smallest absolute Gasteiger partial charge is 0.496 e. The van der Waals surface area contributed by atoms with Crippen molar-refractivity contribution in [3.05, 3.63) is 23.3 Å². The standard InChI is InChI=1S/C12H13F3O5S/c1-7-3-8-4-10(18-2)9(5-11(8)20-7)6-19-21(16,17)12(13,14)15/h4-5,7H,3,6H2,1-2H3. The minimum atomic E-state index is -5.64. The lowest BCUT2D eigenvalue weighted by molar-refractivity contribution is -0.0548. The Hall–Kier alpha value is -1.48. The van der Waals surface area contributed by atoms with E-state index < -0.39 is 22.2 Å². The molecule has 5 nitrogen and oxygen atoms in total. The Balaban J connectivity index is 2.23. The summed E-state index contributed by atoms with van der Waals surface area (Å²) in [6, 6.07) is 3.04. The second kappa shape index (κ2) is 5.38. The molecule has 0 radical (unpaired) electrons. The third-order valence-corrected chi connectivity index (χ3v) is 3.95. The Labute approximate surface area is 119 Å². The molecule has 1 aliphatic rings. The first-order valence-corrected chi connectivity index (χ1v) is 7.37. The summed E-state index contributed by atoms with van der Waals surface area (Å²) in [6.07, 6.45) is 0.591. The monoisotopic (exact) mass is 326 g/mol. The van der Waals surface area contributed by atoms with Crippen molar-refractivity contribution in [3.8, 4) is 11.5 Å². The minimum absolute atomic E-state index is 0.0558. The Morgan fingerprint density at radius 3 is 2.62 bits per heavy atom. The Bertz CT molecular complexity index is 639. The quantitative estimate of drug-likeness (QED) is 0.628. The van der Waals surface area contributed by atoms with Crippen LogP contribution >= 0.6 is 0 Å². The lowest BCUT2D eigenvalue weighted by Crippen LogP contribution is -2.25. The molecule has 0 N–H and O–H groups in total. The first-order chi connectivity index (χ1) is 9.64. The molecule has 0 saturated heterocycles.